The zero-order chi connectivity index (χ0) is 16.9. The van der Waals surface area contributed by atoms with Crippen LogP contribution in [0.3, 0.4) is 0 Å². The van der Waals surface area contributed by atoms with Gasteiger partial charge in [0.05, 0.1) is 11.5 Å². The Kier molecular flexibility index (Phi) is 6.02. The highest BCUT2D eigenvalue weighted by molar-refractivity contribution is 7.89. The van der Waals surface area contributed by atoms with Gasteiger partial charge in [-0.15, -0.1) is 0 Å². The van der Waals surface area contributed by atoms with Crippen LogP contribution in [0.4, 0.5) is 0 Å². The van der Waals surface area contributed by atoms with Crippen molar-refractivity contribution < 1.29 is 13.2 Å². The van der Waals surface area contributed by atoms with E-state index in [1.807, 2.05) is 38.1 Å². The van der Waals surface area contributed by atoms with Gasteiger partial charge < -0.3 is 4.74 Å². The Morgan fingerprint density at radius 1 is 1.09 bits per heavy atom. The van der Waals surface area contributed by atoms with Gasteiger partial charge in [0.2, 0.25) is 10.0 Å². The minimum atomic E-state index is -3.55. The van der Waals surface area contributed by atoms with Crippen molar-refractivity contribution in [1.29, 1.82) is 0 Å². The first-order valence-corrected chi connectivity index (χ1v) is 9.64. The molecule has 23 heavy (non-hydrogen) atoms. The third kappa shape index (κ3) is 4.24. The van der Waals surface area contributed by atoms with Crippen molar-refractivity contribution in [3.8, 4) is 5.75 Å². The highest BCUT2D eigenvalue weighted by atomic mass is 32.2. The van der Waals surface area contributed by atoms with Gasteiger partial charge in [-0.3, -0.25) is 0 Å². The van der Waals surface area contributed by atoms with Crippen LogP contribution in [-0.4, -0.2) is 21.1 Å². The van der Waals surface area contributed by atoms with Crippen molar-refractivity contribution in [3.05, 3.63) is 36.4 Å². The number of fused-ring (bicyclic) bond motifs is 1. The Morgan fingerprint density at radius 2 is 1.78 bits per heavy atom. The number of sulfonamides is 1. The van der Waals surface area contributed by atoms with Crippen LogP contribution < -0.4 is 9.46 Å². The zero-order valence-corrected chi connectivity index (χ0v) is 14.8. The molecule has 4 nitrogen and oxygen atoms in total. The normalized spacial score (nSPS) is 13.2. The summed E-state index contributed by atoms with van der Waals surface area (Å²) >= 11 is 0. The van der Waals surface area contributed by atoms with Crippen LogP contribution in [0.25, 0.3) is 10.8 Å². The number of benzene rings is 2. The summed E-state index contributed by atoms with van der Waals surface area (Å²) in [5.74, 6) is 0.733. The first kappa shape index (κ1) is 17.8. The lowest BCUT2D eigenvalue weighted by atomic mass is 10.1. The topological polar surface area (TPSA) is 55.4 Å². The van der Waals surface area contributed by atoms with E-state index in [4.69, 9.17) is 4.74 Å². The second-order valence-electron chi connectivity index (χ2n) is 5.74. The fourth-order valence-corrected chi connectivity index (χ4v) is 3.88. The molecule has 0 heterocycles. The summed E-state index contributed by atoms with van der Waals surface area (Å²) in [6.45, 7) is 6.56. The minimum absolute atomic E-state index is 0.0979. The van der Waals surface area contributed by atoms with Gasteiger partial charge >= 0.3 is 0 Å². The molecule has 0 amide bonds. The minimum Gasteiger partial charge on any atom is -0.493 e. The number of rotatable bonds is 8. The molecule has 126 valence electrons. The molecular formula is C18H25NO3S. The maximum absolute atomic E-state index is 12.6. The molecule has 1 N–H and O–H groups in total. The Labute approximate surface area is 138 Å². The third-order valence-electron chi connectivity index (χ3n) is 3.86. The fraction of sp³-hybridized carbons (Fsp3) is 0.444. The van der Waals surface area contributed by atoms with E-state index in [-0.39, 0.29) is 6.04 Å². The number of unbranched alkanes of at least 4 members (excludes halogenated alkanes) is 1. The molecule has 0 radical (unpaired) electrons. The molecule has 5 heteroatoms. The second-order valence-corrected chi connectivity index (χ2v) is 7.42. The zero-order valence-electron chi connectivity index (χ0n) is 14.0. The first-order valence-electron chi connectivity index (χ1n) is 8.16. The van der Waals surface area contributed by atoms with Crippen LogP contribution in [0.1, 0.15) is 40.0 Å². The Morgan fingerprint density at radius 3 is 2.43 bits per heavy atom. The van der Waals surface area contributed by atoms with Crippen LogP contribution in [0.2, 0.25) is 0 Å². The van der Waals surface area contributed by atoms with Crippen molar-refractivity contribution in [3.63, 3.8) is 0 Å². The summed E-state index contributed by atoms with van der Waals surface area (Å²) in [5.41, 5.74) is 0. The summed E-state index contributed by atoms with van der Waals surface area (Å²) < 4.78 is 33.8. The average Bonchev–Trinajstić information content (AvgIpc) is 2.54. The van der Waals surface area contributed by atoms with E-state index in [1.165, 1.54) is 0 Å². The predicted molar refractivity (Wildman–Crippen MR) is 94.4 cm³/mol. The molecule has 0 aromatic heterocycles. The maximum atomic E-state index is 12.6. The van der Waals surface area contributed by atoms with Gasteiger partial charge in [-0.05, 0) is 31.9 Å². The van der Waals surface area contributed by atoms with E-state index in [1.54, 1.807) is 12.1 Å². The number of nitrogens with one attached hydrogen (secondary N) is 1. The molecule has 0 aliphatic carbocycles. The van der Waals surface area contributed by atoms with Crippen LogP contribution in [-0.2, 0) is 10.0 Å². The summed E-state index contributed by atoms with van der Waals surface area (Å²) in [7, 11) is -3.55. The summed E-state index contributed by atoms with van der Waals surface area (Å²) in [5, 5.41) is 1.52. The molecule has 0 aliphatic rings. The standard InChI is InChI=1S/C18H25NO3S/c1-4-6-13-22-17-11-12-18(16-10-8-7-9-15(16)17)23(20,21)19-14(3)5-2/h7-12,14,19H,4-6,13H2,1-3H3. The van der Waals surface area contributed by atoms with Crippen molar-refractivity contribution in [2.75, 3.05) is 6.61 Å². The van der Waals surface area contributed by atoms with Gasteiger partial charge in [0.25, 0.3) is 0 Å². The lowest BCUT2D eigenvalue weighted by molar-refractivity contribution is 0.313. The van der Waals surface area contributed by atoms with Crippen molar-refractivity contribution >= 4 is 20.8 Å². The molecule has 1 unspecified atom stereocenters. The maximum Gasteiger partial charge on any atom is 0.241 e. The molecule has 0 spiro atoms. The van der Waals surface area contributed by atoms with Crippen molar-refractivity contribution in [2.24, 2.45) is 0 Å². The fourth-order valence-electron chi connectivity index (χ4n) is 2.34. The van der Waals surface area contributed by atoms with Crippen molar-refractivity contribution in [2.45, 2.75) is 51.0 Å². The Balaban J connectivity index is 2.45. The SMILES string of the molecule is CCCCOc1ccc(S(=O)(=O)NC(C)CC)c2ccccc12. The smallest absolute Gasteiger partial charge is 0.241 e. The monoisotopic (exact) mass is 335 g/mol. The molecular weight excluding hydrogens is 310 g/mol. The number of hydrogen-bond donors (Lipinski definition) is 1. The van der Waals surface area contributed by atoms with Crippen LogP contribution in [0, 0.1) is 0 Å². The predicted octanol–water partition coefficient (Wildman–Crippen LogP) is 4.10. The quantitative estimate of drug-likeness (QED) is 0.739. The van der Waals surface area contributed by atoms with Crippen LogP contribution in [0.5, 0.6) is 5.75 Å². The van der Waals surface area contributed by atoms with Crippen LogP contribution in [0.15, 0.2) is 41.3 Å². The van der Waals surface area contributed by atoms with E-state index >= 15 is 0 Å². The highest BCUT2D eigenvalue weighted by Gasteiger charge is 2.20. The van der Waals surface area contributed by atoms with Gasteiger partial charge in [0.15, 0.2) is 0 Å². The largest absolute Gasteiger partial charge is 0.493 e. The number of hydrogen-bond acceptors (Lipinski definition) is 3. The summed E-state index contributed by atoms with van der Waals surface area (Å²) in [4.78, 5) is 0.302. The summed E-state index contributed by atoms with van der Waals surface area (Å²) in [6.07, 6.45) is 2.78. The molecule has 0 fully saturated rings. The Hall–Kier alpha value is -1.59. The molecule has 0 bridgehead atoms. The molecule has 0 saturated heterocycles. The van der Waals surface area contributed by atoms with E-state index in [0.717, 1.165) is 30.4 Å². The lowest BCUT2D eigenvalue weighted by Crippen LogP contribution is -2.32. The summed E-state index contributed by atoms with van der Waals surface area (Å²) in [6, 6.07) is 10.8. The molecule has 1 atom stereocenters. The average molecular weight is 335 g/mol. The van der Waals surface area contributed by atoms with E-state index in [9.17, 15) is 8.42 Å². The van der Waals surface area contributed by atoms with Gasteiger partial charge in [-0.25, -0.2) is 13.1 Å². The lowest BCUT2D eigenvalue weighted by Gasteiger charge is -2.15. The second kappa shape index (κ2) is 7.79. The van der Waals surface area contributed by atoms with Crippen LogP contribution >= 0.6 is 0 Å². The molecule has 2 rings (SSSR count). The van der Waals surface area contributed by atoms with Gasteiger partial charge in [-0.2, -0.15) is 0 Å². The molecule has 0 aliphatic heterocycles. The van der Waals surface area contributed by atoms with Gasteiger partial charge in [0, 0.05) is 16.8 Å². The van der Waals surface area contributed by atoms with E-state index < -0.39 is 10.0 Å². The molecule has 0 saturated carbocycles. The molecule has 2 aromatic rings. The van der Waals surface area contributed by atoms with E-state index in [0.29, 0.717) is 16.9 Å². The number of ether oxygens (including phenoxy) is 1. The van der Waals surface area contributed by atoms with Crippen molar-refractivity contribution in [1.82, 2.24) is 4.72 Å². The third-order valence-corrected chi connectivity index (χ3v) is 5.51. The van der Waals surface area contributed by atoms with Gasteiger partial charge in [0.1, 0.15) is 5.75 Å². The highest BCUT2D eigenvalue weighted by Crippen LogP contribution is 2.31. The molecule has 2 aromatic carbocycles. The first-order chi connectivity index (χ1) is 11.0. The Bertz CT molecular complexity index is 756. The van der Waals surface area contributed by atoms with E-state index in [2.05, 4.69) is 11.6 Å². The van der Waals surface area contributed by atoms with Gasteiger partial charge in [-0.1, -0.05) is 44.5 Å².